The molecule has 3 aliphatic rings. The van der Waals surface area contributed by atoms with E-state index >= 15 is 0 Å². The van der Waals surface area contributed by atoms with Crippen LogP contribution in [0.1, 0.15) is 34.9 Å². The Bertz CT molecular complexity index is 490. The first-order valence-corrected chi connectivity index (χ1v) is 6.19. The van der Waals surface area contributed by atoms with Crippen LogP contribution in [0.15, 0.2) is 17.1 Å². The standard InChI is InChI=1S/C14H16N2/c1-16-7-10-4-11(8-16)13-6-14-9(2-3-15-14)5-12(10)13/h3,5-6,10-11H,2,4,7-8H2,1H3. The van der Waals surface area contributed by atoms with Gasteiger partial charge >= 0.3 is 0 Å². The van der Waals surface area contributed by atoms with Gasteiger partial charge in [-0.25, -0.2) is 0 Å². The third-order valence-electron chi connectivity index (χ3n) is 4.34. The second kappa shape index (κ2) is 2.95. The van der Waals surface area contributed by atoms with Crippen LogP contribution in [-0.4, -0.2) is 31.3 Å². The molecule has 16 heavy (non-hydrogen) atoms. The van der Waals surface area contributed by atoms with Gasteiger partial charge in [-0.15, -0.1) is 0 Å². The smallest absolute Gasteiger partial charge is 0.0664 e. The van der Waals surface area contributed by atoms with E-state index in [4.69, 9.17) is 0 Å². The molecule has 1 aliphatic carbocycles. The van der Waals surface area contributed by atoms with Gasteiger partial charge in [-0.3, -0.25) is 4.99 Å². The van der Waals surface area contributed by atoms with Crippen molar-refractivity contribution in [1.82, 2.24) is 4.90 Å². The van der Waals surface area contributed by atoms with Crippen molar-refractivity contribution < 1.29 is 0 Å². The van der Waals surface area contributed by atoms with Gasteiger partial charge in [0.25, 0.3) is 0 Å². The lowest BCUT2D eigenvalue weighted by Gasteiger charge is -2.28. The Morgan fingerprint density at radius 1 is 1.19 bits per heavy atom. The summed E-state index contributed by atoms with van der Waals surface area (Å²) < 4.78 is 0. The maximum atomic E-state index is 4.47. The molecule has 82 valence electrons. The SMILES string of the molecule is CN1CC2CC(C1)c1cc3c(cc12)CC=N3. The molecular weight excluding hydrogens is 196 g/mol. The first-order valence-electron chi connectivity index (χ1n) is 6.19. The van der Waals surface area contributed by atoms with Gasteiger partial charge in [0.2, 0.25) is 0 Å². The van der Waals surface area contributed by atoms with E-state index in [1.54, 1.807) is 11.1 Å². The maximum absolute atomic E-state index is 4.47. The van der Waals surface area contributed by atoms with Gasteiger partial charge in [-0.2, -0.15) is 0 Å². The monoisotopic (exact) mass is 212 g/mol. The van der Waals surface area contributed by atoms with E-state index in [-0.39, 0.29) is 0 Å². The summed E-state index contributed by atoms with van der Waals surface area (Å²) in [6.07, 6.45) is 4.45. The van der Waals surface area contributed by atoms with E-state index in [9.17, 15) is 0 Å². The second-order valence-corrected chi connectivity index (χ2v) is 5.48. The van der Waals surface area contributed by atoms with Crippen LogP contribution in [0.2, 0.25) is 0 Å². The highest BCUT2D eigenvalue weighted by atomic mass is 15.1. The molecule has 2 heteroatoms. The molecule has 2 atom stereocenters. The van der Waals surface area contributed by atoms with Gasteiger partial charge in [0.1, 0.15) is 0 Å². The molecule has 2 unspecified atom stereocenters. The van der Waals surface area contributed by atoms with Crippen LogP contribution >= 0.6 is 0 Å². The fourth-order valence-electron chi connectivity index (χ4n) is 3.67. The summed E-state index contributed by atoms with van der Waals surface area (Å²) in [5.74, 6) is 1.55. The molecule has 1 fully saturated rings. The molecule has 0 spiro atoms. The van der Waals surface area contributed by atoms with Crippen molar-refractivity contribution in [1.29, 1.82) is 0 Å². The number of rotatable bonds is 0. The van der Waals surface area contributed by atoms with Crippen LogP contribution < -0.4 is 0 Å². The molecule has 2 bridgehead atoms. The summed E-state index contributed by atoms with van der Waals surface area (Å²) >= 11 is 0. The lowest BCUT2D eigenvalue weighted by Crippen LogP contribution is -2.31. The number of hydrogen-bond acceptors (Lipinski definition) is 2. The molecule has 0 saturated carbocycles. The second-order valence-electron chi connectivity index (χ2n) is 5.48. The molecule has 1 aromatic carbocycles. The molecule has 1 aromatic rings. The lowest BCUT2D eigenvalue weighted by molar-refractivity contribution is 0.245. The van der Waals surface area contributed by atoms with Crippen molar-refractivity contribution in [2.45, 2.75) is 24.7 Å². The number of likely N-dealkylation sites (tertiary alicyclic amines) is 1. The summed E-state index contributed by atoms with van der Waals surface area (Å²) in [7, 11) is 2.25. The van der Waals surface area contributed by atoms with Crippen LogP contribution in [0.3, 0.4) is 0 Å². The van der Waals surface area contributed by atoms with Crippen molar-refractivity contribution in [2.75, 3.05) is 20.1 Å². The Hall–Kier alpha value is -1.15. The van der Waals surface area contributed by atoms with E-state index in [2.05, 4.69) is 29.1 Å². The highest BCUT2D eigenvalue weighted by Gasteiger charge is 2.37. The summed E-state index contributed by atoms with van der Waals surface area (Å²) in [5.41, 5.74) is 5.88. The van der Waals surface area contributed by atoms with E-state index < -0.39 is 0 Å². The predicted molar refractivity (Wildman–Crippen MR) is 65.9 cm³/mol. The largest absolute Gasteiger partial charge is 0.305 e. The predicted octanol–water partition coefficient (Wildman–Crippen LogP) is 2.46. The number of aliphatic imine (C=N–C) groups is 1. The van der Waals surface area contributed by atoms with Gasteiger partial charge < -0.3 is 4.90 Å². The zero-order valence-corrected chi connectivity index (χ0v) is 9.61. The molecule has 0 amide bonds. The van der Waals surface area contributed by atoms with Crippen molar-refractivity contribution in [2.24, 2.45) is 4.99 Å². The quantitative estimate of drug-likeness (QED) is 0.645. The number of benzene rings is 1. The zero-order chi connectivity index (χ0) is 10.7. The van der Waals surface area contributed by atoms with E-state index in [0.717, 1.165) is 18.3 Å². The Labute approximate surface area is 96.0 Å². The van der Waals surface area contributed by atoms with E-state index in [1.165, 1.54) is 30.8 Å². The molecule has 0 N–H and O–H groups in total. The van der Waals surface area contributed by atoms with Crippen LogP contribution in [0.4, 0.5) is 5.69 Å². The van der Waals surface area contributed by atoms with E-state index in [1.807, 2.05) is 6.21 Å². The maximum Gasteiger partial charge on any atom is 0.0664 e. The van der Waals surface area contributed by atoms with Crippen LogP contribution in [0.25, 0.3) is 0 Å². The summed E-state index contributed by atoms with van der Waals surface area (Å²) in [6.45, 7) is 2.47. The molecule has 1 saturated heterocycles. The van der Waals surface area contributed by atoms with Crippen molar-refractivity contribution >= 4 is 11.9 Å². The molecule has 0 aromatic heterocycles. The average Bonchev–Trinajstić information content (AvgIpc) is 2.81. The fourth-order valence-corrected chi connectivity index (χ4v) is 3.67. The third kappa shape index (κ3) is 1.08. The van der Waals surface area contributed by atoms with Gasteiger partial charge in [-0.1, -0.05) is 6.07 Å². The first kappa shape index (κ1) is 8.94. The molecule has 2 nitrogen and oxygen atoms in total. The zero-order valence-electron chi connectivity index (χ0n) is 9.61. The normalized spacial score (nSPS) is 30.6. The highest BCUT2D eigenvalue weighted by Crippen LogP contribution is 2.48. The topological polar surface area (TPSA) is 15.6 Å². The minimum absolute atomic E-state index is 0.764. The Kier molecular flexibility index (Phi) is 1.65. The van der Waals surface area contributed by atoms with Gasteiger partial charge in [0.05, 0.1) is 5.69 Å². The van der Waals surface area contributed by atoms with E-state index in [0.29, 0.717) is 0 Å². The Balaban J connectivity index is 1.88. The summed E-state index contributed by atoms with van der Waals surface area (Å²) in [4.78, 5) is 6.95. The third-order valence-corrected chi connectivity index (χ3v) is 4.34. The Morgan fingerprint density at radius 3 is 2.75 bits per heavy atom. The van der Waals surface area contributed by atoms with Crippen LogP contribution in [0, 0.1) is 0 Å². The molecule has 2 aliphatic heterocycles. The lowest BCUT2D eigenvalue weighted by atomic mass is 9.96. The number of likely N-dealkylation sites (N-methyl/N-ethyl adjacent to an activating group) is 1. The average molecular weight is 212 g/mol. The number of piperidine rings is 1. The molecule has 4 rings (SSSR count). The number of fused-ring (bicyclic) bond motifs is 6. The molecular formula is C14H16N2. The van der Waals surface area contributed by atoms with Crippen LogP contribution in [-0.2, 0) is 6.42 Å². The van der Waals surface area contributed by atoms with Gasteiger partial charge in [-0.05, 0) is 48.1 Å². The number of hydrogen-bond donors (Lipinski definition) is 0. The minimum Gasteiger partial charge on any atom is -0.305 e. The van der Waals surface area contributed by atoms with Gasteiger partial charge in [0.15, 0.2) is 0 Å². The fraction of sp³-hybridized carbons (Fsp3) is 0.500. The Morgan fingerprint density at radius 2 is 1.94 bits per heavy atom. The van der Waals surface area contributed by atoms with Crippen LogP contribution in [0.5, 0.6) is 0 Å². The minimum atomic E-state index is 0.764. The van der Waals surface area contributed by atoms with Gasteiger partial charge in [0, 0.05) is 25.7 Å². The van der Waals surface area contributed by atoms with Crippen molar-refractivity contribution in [3.63, 3.8) is 0 Å². The highest BCUT2D eigenvalue weighted by molar-refractivity contribution is 5.77. The van der Waals surface area contributed by atoms with Crippen molar-refractivity contribution in [3.8, 4) is 0 Å². The number of nitrogens with zero attached hydrogens (tertiary/aromatic N) is 2. The first-order chi connectivity index (χ1) is 7.81. The summed E-state index contributed by atoms with van der Waals surface area (Å²) in [5, 5.41) is 0. The molecule has 0 radical (unpaired) electrons. The summed E-state index contributed by atoms with van der Waals surface area (Å²) in [6, 6.07) is 4.79. The van der Waals surface area contributed by atoms with Crippen molar-refractivity contribution in [3.05, 3.63) is 28.8 Å². The molecule has 2 heterocycles.